The van der Waals surface area contributed by atoms with Gasteiger partial charge in [0.25, 0.3) is 0 Å². The largest absolute Gasteiger partial charge is 0.374 e. The fraction of sp³-hybridized carbons (Fsp3) is 0.750. The SMILES string of the molecule is O=CC1(F)COC1. The van der Waals surface area contributed by atoms with Gasteiger partial charge in [-0.25, -0.2) is 4.39 Å². The number of hydrogen-bond acceptors (Lipinski definition) is 2. The first-order valence-corrected chi connectivity index (χ1v) is 2.00. The van der Waals surface area contributed by atoms with Gasteiger partial charge in [0.2, 0.25) is 5.67 Å². The Hall–Kier alpha value is -0.440. The molecular formula is C4H5FO2. The third-order valence-electron chi connectivity index (χ3n) is 0.895. The van der Waals surface area contributed by atoms with Crippen molar-refractivity contribution in [3.63, 3.8) is 0 Å². The van der Waals surface area contributed by atoms with E-state index < -0.39 is 5.67 Å². The minimum atomic E-state index is -1.64. The topological polar surface area (TPSA) is 26.3 Å². The summed E-state index contributed by atoms with van der Waals surface area (Å²) in [5.41, 5.74) is -1.64. The van der Waals surface area contributed by atoms with Crippen LogP contribution in [0.5, 0.6) is 0 Å². The number of halogens is 1. The second-order valence-corrected chi connectivity index (χ2v) is 1.65. The zero-order valence-electron chi connectivity index (χ0n) is 3.69. The first-order valence-electron chi connectivity index (χ1n) is 2.00. The van der Waals surface area contributed by atoms with Gasteiger partial charge in [-0.3, -0.25) is 4.79 Å². The summed E-state index contributed by atoms with van der Waals surface area (Å²) in [6.45, 7) is -0.118. The second-order valence-electron chi connectivity index (χ2n) is 1.65. The summed E-state index contributed by atoms with van der Waals surface area (Å²) in [5, 5.41) is 0. The van der Waals surface area contributed by atoms with Crippen molar-refractivity contribution in [3.05, 3.63) is 0 Å². The zero-order chi connectivity index (χ0) is 5.33. The Bertz CT molecular complexity index is 87.7. The lowest BCUT2D eigenvalue weighted by Crippen LogP contribution is -2.46. The first-order chi connectivity index (χ1) is 3.27. The van der Waals surface area contributed by atoms with Crippen LogP contribution >= 0.6 is 0 Å². The molecule has 0 aliphatic carbocycles. The lowest BCUT2D eigenvalue weighted by Gasteiger charge is -2.27. The van der Waals surface area contributed by atoms with Gasteiger partial charge in [0.1, 0.15) is 0 Å². The quantitative estimate of drug-likeness (QED) is 0.435. The van der Waals surface area contributed by atoms with Crippen LogP contribution < -0.4 is 0 Å². The van der Waals surface area contributed by atoms with E-state index in [4.69, 9.17) is 0 Å². The molecule has 0 saturated carbocycles. The third kappa shape index (κ3) is 0.632. The van der Waals surface area contributed by atoms with E-state index in [1.54, 1.807) is 0 Å². The first kappa shape index (κ1) is 4.71. The van der Waals surface area contributed by atoms with Crippen LogP contribution in [0.1, 0.15) is 0 Å². The third-order valence-corrected chi connectivity index (χ3v) is 0.895. The molecule has 0 atom stereocenters. The molecule has 0 radical (unpaired) electrons. The number of ether oxygens (including phenoxy) is 1. The summed E-state index contributed by atoms with van der Waals surface area (Å²) < 4.78 is 16.6. The molecule has 0 unspecified atom stereocenters. The Morgan fingerprint density at radius 1 is 1.71 bits per heavy atom. The molecule has 1 aliphatic rings. The molecule has 0 N–H and O–H groups in total. The standard InChI is InChI=1S/C4H5FO2/c5-4(1-6)2-7-3-4/h1H,2-3H2. The smallest absolute Gasteiger partial charge is 0.211 e. The number of alkyl halides is 1. The summed E-state index contributed by atoms with van der Waals surface area (Å²) in [6, 6.07) is 0. The molecule has 1 rings (SSSR count). The van der Waals surface area contributed by atoms with Crippen molar-refractivity contribution >= 4 is 6.29 Å². The molecule has 0 amide bonds. The van der Waals surface area contributed by atoms with Crippen molar-refractivity contribution in [2.24, 2.45) is 0 Å². The zero-order valence-corrected chi connectivity index (χ0v) is 3.69. The van der Waals surface area contributed by atoms with Gasteiger partial charge in [-0.15, -0.1) is 0 Å². The van der Waals surface area contributed by atoms with E-state index in [0.717, 1.165) is 0 Å². The van der Waals surface area contributed by atoms with Crippen LogP contribution in [0, 0.1) is 0 Å². The van der Waals surface area contributed by atoms with E-state index >= 15 is 0 Å². The number of carbonyl (C=O) groups excluding carboxylic acids is 1. The number of hydrogen-bond donors (Lipinski definition) is 0. The summed E-state index contributed by atoms with van der Waals surface area (Å²) in [6.07, 6.45) is 0.288. The lowest BCUT2D eigenvalue weighted by molar-refractivity contribution is -0.151. The van der Waals surface area contributed by atoms with Crippen molar-refractivity contribution in [1.82, 2.24) is 0 Å². The maximum absolute atomic E-state index is 12.1. The van der Waals surface area contributed by atoms with Crippen LogP contribution in [-0.4, -0.2) is 25.2 Å². The minimum absolute atomic E-state index is 0.0590. The summed E-state index contributed by atoms with van der Waals surface area (Å²) >= 11 is 0. The molecule has 0 bridgehead atoms. The van der Waals surface area contributed by atoms with Crippen LogP contribution in [0.25, 0.3) is 0 Å². The second kappa shape index (κ2) is 1.26. The van der Waals surface area contributed by atoms with E-state index in [0.29, 0.717) is 0 Å². The molecule has 0 spiro atoms. The summed E-state index contributed by atoms with van der Waals surface area (Å²) in [5.74, 6) is 0. The van der Waals surface area contributed by atoms with Crippen LogP contribution in [0.3, 0.4) is 0 Å². The van der Waals surface area contributed by atoms with E-state index in [1.807, 2.05) is 0 Å². The van der Waals surface area contributed by atoms with Gasteiger partial charge in [0.15, 0.2) is 6.29 Å². The fourth-order valence-corrected chi connectivity index (χ4v) is 0.365. The fourth-order valence-electron chi connectivity index (χ4n) is 0.365. The highest BCUT2D eigenvalue weighted by Gasteiger charge is 2.38. The van der Waals surface area contributed by atoms with Crippen LogP contribution in [0.15, 0.2) is 0 Å². The van der Waals surface area contributed by atoms with E-state index in [9.17, 15) is 9.18 Å². The van der Waals surface area contributed by atoms with Crippen molar-refractivity contribution < 1.29 is 13.9 Å². The molecular weight excluding hydrogens is 99.0 g/mol. The monoisotopic (exact) mass is 104 g/mol. The minimum Gasteiger partial charge on any atom is -0.374 e. The van der Waals surface area contributed by atoms with Crippen LogP contribution in [0.2, 0.25) is 0 Å². The van der Waals surface area contributed by atoms with Gasteiger partial charge >= 0.3 is 0 Å². The maximum atomic E-state index is 12.1. The number of rotatable bonds is 1. The highest BCUT2D eigenvalue weighted by atomic mass is 19.1. The number of aldehydes is 1. The Kier molecular flexibility index (Phi) is 0.852. The van der Waals surface area contributed by atoms with Crippen molar-refractivity contribution in [3.8, 4) is 0 Å². The normalized spacial score (nSPS) is 25.9. The van der Waals surface area contributed by atoms with Gasteiger partial charge in [-0.2, -0.15) is 0 Å². The highest BCUT2D eigenvalue weighted by Crippen LogP contribution is 2.17. The van der Waals surface area contributed by atoms with E-state index in [-0.39, 0.29) is 19.5 Å². The molecule has 3 heteroatoms. The Labute approximate surface area is 40.3 Å². The average molecular weight is 104 g/mol. The van der Waals surface area contributed by atoms with Gasteiger partial charge < -0.3 is 4.74 Å². The van der Waals surface area contributed by atoms with Crippen LogP contribution in [0.4, 0.5) is 4.39 Å². The molecule has 0 aromatic rings. The van der Waals surface area contributed by atoms with Crippen molar-refractivity contribution in [2.75, 3.05) is 13.2 Å². The highest BCUT2D eigenvalue weighted by molar-refractivity contribution is 5.63. The van der Waals surface area contributed by atoms with Crippen LogP contribution in [-0.2, 0) is 9.53 Å². The van der Waals surface area contributed by atoms with Gasteiger partial charge in [0.05, 0.1) is 13.2 Å². The Balaban J connectivity index is 2.43. The Morgan fingerprint density at radius 3 is 2.29 bits per heavy atom. The Morgan fingerprint density at radius 2 is 2.29 bits per heavy atom. The van der Waals surface area contributed by atoms with Gasteiger partial charge in [-0.1, -0.05) is 0 Å². The summed E-state index contributed by atoms with van der Waals surface area (Å²) in [4.78, 5) is 9.65. The number of carbonyl (C=O) groups is 1. The average Bonchev–Trinajstić information content (AvgIpc) is 1.61. The van der Waals surface area contributed by atoms with Crippen molar-refractivity contribution in [1.29, 1.82) is 0 Å². The lowest BCUT2D eigenvalue weighted by atomic mass is 10.1. The molecule has 1 fully saturated rings. The molecule has 7 heavy (non-hydrogen) atoms. The molecule has 1 heterocycles. The molecule has 40 valence electrons. The predicted molar refractivity (Wildman–Crippen MR) is 20.7 cm³/mol. The van der Waals surface area contributed by atoms with Crippen molar-refractivity contribution in [2.45, 2.75) is 5.67 Å². The van der Waals surface area contributed by atoms with Gasteiger partial charge in [-0.05, 0) is 0 Å². The molecule has 1 aliphatic heterocycles. The van der Waals surface area contributed by atoms with E-state index in [2.05, 4.69) is 4.74 Å². The molecule has 0 aromatic carbocycles. The van der Waals surface area contributed by atoms with E-state index in [1.165, 1.54) is 0 Å². The molecule has 0 aromatic heterocycles. The maximum Gasteiger partial charge on any atom is 0.211 e. The predicted octanol–water partition coefficient (Wildman–Crippen LogP) is -0.0762. The molecule has 1 saturated heterocycles. The molecule has 2 nitrogen and oxygen atoms in total. The summed E-state index contributed by atoms with van der Waals surface area (Å²) in [7, 11) is 0. The van der Waals surface area contributed by atoms with Gasteiger partial charge in [0, 0.05) is 0 Å².